The van der Waals surface area contributed by atoms with Crippen LogP contribution in [0.1, 0.15) is 24.2 Å². The van der Waals surface area contributed by atoms with Crippen molar-refractivity contribution in [1.82, 2.24) is 14.7 Å². The maximum Gasteiger partial charge on any atom is 0.0927 e. The average Bonchev–Trinajstić information content (AvgIpc) is 2.83. The molecular weight excluding hydrogens is 318 g/mol. The smallest absolute Gasteiger partial charge is 0.0927 e. The summed E-state index contributed by atoms with van der Waals surface area (Å²) in [6, 6.07) is 7.80. The van der Waals surface area contributed by atoms with E-state index in [0.717, 1.165) is 28.7 Å². The lowest BCUT2D eigenvalue weighted by Gasteiger charge is -2.23. The summed E-state index contributed by atoms with van der Waals surface area (Å²) < 4.78 is 2.75. The third-order valence-corrected chi connectivity index (χ3v) is 4.03. The number of hydrogen-bond donors (Lipinski definition) is 1. The van der Waals surface area contributed by atoms with Gasteiger partial charge in [-0.3, -0.25) is 9.58 Å². The average molecular weight is 338 g/mol. The third-order valence-electron chi connectivity index (χ3n) is 3.31. The number of likely N-dealkylation sites (N-methyl/N-ethyl adjacent to an activating group) is 1. The minimum Gasteiger partial charge on any atom is -0.387 e. The Balaban J connectivity index is 2.01. The maximum atomic E-state index is 10.4. The Morgan fingerprint density at radius 3 is 2.75 bits per heavy atom. The van der Waals surface area contributed by atoms with Crippen LogP contribution < -0.4 is 0 Å². The number of aliphatic hydroxyl groups excluding tert-OH is 1. The van der Waals surface area contributed by atoms with E-state index in [2.05, 4.69) is 32.9 Å². The van der Waals surface area contributed by atoms with Gasteiger partial charge in [0.25, 0.3) is 0 Å². The molecule has 0 unspecified atom stereocenters. The van der Waals surface area contributed by atoms with Gasteiger partial charge in [-0.2, -0.15) is 5.10 Å². The van der Waals surface area contributed by atoms with Crippen LogP contribution in [0.3, 0.4) is 0 Å². The molecule has 1 aromatic carbocycles. The van der Waals surface area contributed by atoms with E-state index in [-0.39, 0.29) is 0 Å². The zero-order valence-electron chi connectivity index (χ0n) is 11.8. The number of hydrogen-bond acceptors (Lipinski definition) is 3. The maximum absolute atomic E-state index is 10.4. The van der Waals surface area contributed by atoms with E-state index in [1.165, 1.54) is 0 Å². The summed E-state index contributed by atoms with van der Waals surface area (Å²) in [6.07, 6.45) is 3.38. The molecule has 0 saturated heterocycles. The number of benzene rings is 1. The van der Waals surface area contributed by atoms with Crippen molar-refractivity contribution in [1.29, 1.82) is 0 Å². The Morgan fingerprint density at radius 2 is 2.15 bits per heavy atom. The summed E-state index contributed by atoms with van der Waals surface area (Å²) in [4.78, 5) is 2.21. The Kier molecular flexibility index (Phi) is 5.34. The number of rotatable bonds is 6. The second-order valence-electron chi connectivity index (χ2n) is 4.89. The fourth-order valence-electron chi connectivity index (χ4n) is 2.21. The lowest BCUT2D eigenvalue weighted by Crippen LogP contribution is -2.28. The molecule has 20 heavy (non-hydrogen) atoms. The van der Waals surface area contributed by atoms with Gasteiger partial charge >= 0.3 is 0 Å². The van der Waals surface area contributed by atoms with Crippen LogP contribution in [0.5, 0.6) is 0 Å². The first kappa shape index (κ1) is 15.2. The molecule has 0 fully saturated rings. The molecule has 1 aromatic heterocycles. The Labute approximate surface area is 128 Å². The van der Waals surface area contributed by atoms with Crippen molar-refractivity contribution in [2.75, 3.05) is 13.1 Å². The highest BCUT2D eigenvalue weighted by Gasteiger charge is 2.15. The van der Waals surface area contributed by atoms with Gasteiger partial charge in [0.05, 0.1) is 12.3 Å². The van der Waals surface area contributed by atoms with Crippen molar-refractivity contribution in [3.63, 3.8) is 0 Å². The van der Waals surface area contributed by atoms with Gasteiger partial charge < -0.3 is 5.11 Å². The van der Waals surface area contributed by atoms with Crippen molar-refractivity contribution in [2.45, 2.75) is 19.6 Å². The number of aryl methyl sites for hydroxylation is 1. The van der Waals surface area contributed by atoms with Crippen LogP contribution in [0.15, 0.2) is 41.1 Å². The lowest BCUT2D eigenvalue weighted by molar-refractivity contribution is 0.112. The molecule has 2 rings (SSSR count). The van der Waals surface area contributed by atoms with Gasteiger partial charge in [0.2, 0.25) is 0 Å². The highest BCUT2D eigenvalue weighted by atomic mass is 79.9. The van der Waals surface area contributed by atoms with E-state index in [1.807, 2.05) is 43.7 Å². The van der Waals surface area contributed by atoms with Gasteiger partial charge in [0.15, 0.2) is 0 Å². The van der Waals surface area contributed by atoms with Gasteiger partial charge in [-0.25, -0.2) is 0 Å². The summed E-state index contributed by atoms with van der Waals surface area (Å²) in [7, 11) is 1.91. The summed E-state index contributed by atoms with van der Waals surface area (Å²) in [5.74, 6) is 0. The molecule has 5 heteroatoms. The zero-order chi connectivity index (χ0) is 14.5. The molecule has 0 amide bonds. The van der Waals surface area contributed by atoms with E-state index < -0.39 is 6.10 Å². The topological polar surface area (TPSA) is 41.3 Å². The Hall–Kier alpha value is -1.17. The molecule has 1 heterocycles. The van der Waals surface area contributed by atoms with Crippen molar-refractivity contribution in [3.05, 3.63) is 52.3 Å². The first-order valence-electron chi connectivity index (χ1n) is 6.72. The van der Waals surface area contributed by atoms with E-state index in [1.54, 1.807) is 4.68 Å². The SMILES string of the molecule is CCN(Cc1cnn(C)c1)C[C@H](O)c1ccccc1Br. The van der Waals surface area contributed by atoms with Crippen molar-refractivity contribution < 1.29 is 5.11 Å². The summed E-state index contributed by atoms with van der Waals surface area (Å²) in [6.45, 7) is 4.39. The first-order valence-corrected chi connectivity index (χ1v) is 7.51. The molecule has 0 aliphatic carbocycles. The molecule has 4 nitrogen and oxygen atoms in total. The second-order valence-corrected chi connectivity index (χ2v) is 5.74. The molecule has 0 saturated carbocycles. The van der Waals surface area contributed by atoms with E-state index in [0.29, 0.717) is 6.54 Å². The highest BCUT2D eigenvalue weighted by molar-refractivity contribution is 9.10. The lowest BCUT2D eigenvalue weighted by atomic mass is 10.1. The van der Waals surface area contributed by atoms with E-state index >= 15 is 0 Å². The van der Waals surface area contributed by atoms with Crippen LogP contribution in [0.4, 0.5) is 0 Å². The van der Waals surface area contributed by atoms with Crippen LogP contribution in [-0.4, -0.2) is 32.9 Å². The van der Waals surface area contributed by atoms with Gasteiger partial charge in [-0.1, -0.05) is 41.1 Å². The van der Waals surface area contributed by atoms with Crippen LogP contribution in [0, 0.1) is 0 Å². The monoisotopic (exact) mass is 337 g/mol. The van der Waals surface area contributed by atoms with Gasteiger partial charge in [0.1, 0.15) is 0 Å². The van der Waals surface area contributed by atoms with Crippen LogP contribution in [0.2, 0.25) is 0 Å². The molecule has 0 radical (unpaired) electrons. The zero-order valence-corrected chi connectivity index (χ0v) is 13.4. The number of aromatic nitrogens is 2. The predicted octanol–water partition coefficient (Wildman–Crippen LogP) is 2.74. The molecule has 1 N–H and O–H groups in total. The predicted molar refractivity (Wildman–Crippen MR) is 83.3 cm³/mol. The summed E-state index contributed by atoms with van der Waals surface area (Å²) in [5.41, 5.74) is 2.09. The fraction of sp³-hybridized carbons (Fsp3) is 0.400. The standard InChI is InChI=1S/C15H20BrN3O/c1-3-19(10-12-8-17-18(2)9-12)11-15(20)13-6-4-5-7-14(13)16/h4-9,15,20H,3,10-11H2,1-2H3/t15-/m0/s1. The third kappa shape index (κ3) is 3.91. The van der Waals surface area contributed by atoms with Crippen LogP contribution in [-0.2, 0) is 13.6 Å². The van der Waals surface area contributed by atoms with Crippen molar-refractivity contribution in [3.8, 4) is 0 Å². The Morgan fingerprint density at radius 1 is 1.40 bits per heavy atom. The summed E-state index contributed by atoms with van der Waals surface area (Å²) in [5, 5.41) is 14.6. The van der Waals surface area contributed by atoms with E-state index in [4.69, 9.17) is 0 Å². The molecule has 108 valence electrons. The minimum absolute atomic E-state index is 0.498. The largest absolute Gasteiger partial charge is 0.387 e. The summed E-state index contributed by atoms with van der Waals surface area (Å²) >= 11 is 3.49. The van der Waals surface area contributed by atoms with Crippen LogP contribution in [0.25, 0.3) is 0 Å². The first-order chi connectivity index (χ1) is 9.60. The molecule has 0 spiro atoms. The minimum atomic E-state index is -0.498. The number of nitrogens with zero attached hydrogens (tertiary/aromatic N) is 3. The van der Waals surface area contributed by atoms with Gasteiger partial charge in [-0.05, 0) is 18.2 Å². The molecular formula is C15H20BrN3O. The normalized spacial score (nSPS) is 12.8. The van der Waals surface area contributed by atoms with Crippen molar-refractivity contribution >= 4 is 15.9 Å². The second kappa shape index (κ2) is 7.02. The molecule has 0 aliphatic rings. The van der Waals surface area contributed by atoms with E-state index in [9.17, 15) is 5.11 Å². The number of halogens is 1. The number of aliphatic hydroxyl groups is 1. The van der Waals surface area contributed by atoms with Crippen molar-refractivity contribution in [2.24, 2.45) is 7.05 Å². The molecule has 0 aliphatic heterocycles. The molecule has 1 atom stereocenters. The Bertz CT molecular complexity index is 556. The van der Waals surface area contributed by atoms with Crippen LogP contribution >= 0.6 is 15.9 Å². The highest BCUT2D eigenvalue weighted by Crippen LogP contribution is 2.24. The molecule has 0 bridgehead atoms. The quantitative estimate of drug-likeness (QED) is 0.881. The fourth-order valence-corrected chi connectivity index (χ4v) is 2.75. The van der Waals surface area contributed by atoms with Gasteiger partial charge in [-0.15, -0.1) is 0 Å². The molecule has 2 aromatic rings. The van der Waals surface area contributed by atoms with Gasteiger partial charge in [0, 0.05) is 36.4 Å².